The van der Waals surface area contributed by atoms with Gasteiger partial charge in [-0.25, -0.2) is 0 Å². The van der Waals surface area contributed by atoms with E-state index < -0.39 is 0 Å². The van der Waals surface area contributed by atoms with Gasteiger partial charge in [-0.3, -0.25) is 4.90 Å². The Bertz CT molecular complexity index is 368. The van der Waals surface area contributed by atoms with Crippen LogP contribution in [0.15, 0.2) is 24.3 Å². The maximum Gasteiger partial charge on any atom is 0.0364 e. The second-order valence-corrected chi connectivity index (χ2v) is 4.97. The zero-order valence-electron chi connectivity index (χ0n) is 11.3. The molecule has 3 nitrogen and oxygen atoms in total. The van der Waals surface area contributed by atoms with Crippen molar-refractivity contribution in [2.24, 2.45) is 5.73 Å². The first-order chi connectivity index (χ1) is 8.22. The highest BCUT2D eigenvalue weighted by atomic mass is 35.5. The van der Waals surface area contributed by atoms with Crippen molar-refractivity contribution in [2.45, 2.75) is 18.9 Å². The third-order valence-electron chi connectivity index (χ3n) is 3.55. The lowest BCUT2D eigenvalue weighted by atomic mass is 10.0. The van der Waals surface area contributed by atoms with Crippen molar-refractivity contribution < 1.29 is 0 Å². The molecule has 0 bridgehead atoms. The summed E-state index contributed by atoms with van der Waals surface area (Å²) in [5.74, 6) is 0. The van der Waals surface area contributed by atoms with Crippen LogP contribution < -0.4 is 10.6 Å². The Morgan fingerprint density at radius 3 is 2.83 bits per heavy atom. The van der Waals surface area contributed by atoms with Gasteiger partial charge in [-0.1, -0.05) is 12.1 Å². The Morgan fingerprint density at radius 1 is 1.39 bits per heavy atom. The Balaban J connectivity index is 0.00000162. The third kappa shape index (κ3) is 3.37. The van der Waals surface area contributed by atoms with Crippen LogP contribution in [0.4, 0.5) is 5.69 Å². The van der Waals surface area contributed by atoms with Gasteiger partial charge in [0, 0.05) is 38.9 Å². The molecule has 0 saturated carbocycles. The number of anilines is 1. The van der Waals surface area contributed by atoms with Crippen molar-refractivity contribution in [2.75, 3.05) is 38.6 Å². The molecule has 1 aliphatic rings. The van der Waals surface area contributed by atoms with Gasteiger partial charge < -0.3 is 10.6 Å². The Labute approximate surface area is 116 Å². The predicted octanol–water partition coefficient (Wildman–Crippen LogP) is 2.27. The average molecular weight is 270 g/mol. The molecular weight excluding hydrogens is 246 g/mol. The average Bonchev–Trinajstić information content (AvgIpc) is 2.78. The Morgan fingerprint density at radius 2 is 2.17 bits per heavy atom. The molecule has 1 saturated heterocycles. The first-order valence-corrected chi connectivity index (χ1v) is 6.44. The molecule has 2 N–H and O–H groups in total. The highest BCUT2D eigenvalue weighted by Gasteiger charge is 2.25. The van der Waals surface area contributed by atoms with E-state index in [1.807, 2.05) is 0 Å². The predicted molar refractivity (Wildman–Crippen MR) is 80.6 cm³/mol. The molecule has 1 heterocycles. The van der Waals surface area contributed by atoms with Crippen molar-refractivity contribution >= 4 is 18.1 Å². The van der Waals surface area contributed by atoms with Gasteiger partial charge in [0.2, 0.25) is 0 Å². The van der Waals surface area contributed by atoms with E-state index in [2.05, 4.69) is 48.2 Å². The molecule has 1 atom stereocenters. The fourth-order valence-corrected chi connectivity index (χ4v) is 2.65. The second-order valence-electron chi connectivity index (χ2n) is 4.97. The summed E-state index contributed by atoms with van der Waals surface area (Å²) in [5, 5.41) is 0. The van der Waals surface area contributed by atoms with E-state index in [1.165, 1.54) is 30.6 Å². The van der Waals surface area contributed by atoms with E-state index in [4.69, 9.17) is 5.73 Å². The summed E-state index contributed by atoms with van der Waals surface area (Å²) in [6.45, 7) is 2.95. The van der Waals surface area contributed by atoms with Crippen molar-refractivity contribution in [1.82, 2.24) is 4.90 Å². The topological polar surface area (TPSA) is 32.5 Å². The molecule has 1 unspecified atom stereocenters. The summed E-state index contributed by atoms with van der Waals surface area (Å²) < 4.78 is 0. The molecule has 4 heteroatoms. The van der Waals surface area contributed by atoms with E-state index in [0.29, 0.717) is 6.04 Å². The van der Waals surface area contributed by atoms with Gasteiger partial charge in [0.15, 0.2) is 0 Å². The van der Waals surface area contributed by atoms with Gasteiger partial charge >= 0.3 is 0 Å². The smallest absolute Gasteiger partial charge is 0.0364 e. The van der Waals surface area contributed by atoms with E-state index in [9.17, 15) is 0 Å². The van der Waals surface area contributed by atoms with Crippen LogP contribution in [0, 0.1) is 0 Å². The van der Waals surface area contributed by atoms with Gasteiger partial charge in [-0.05, 0) is 37.1 Å². The third-order valence-corrected chi connectivity index (χ3v) is 3.55. The summed E-state index contributed by atoms with van der Waals surface area (Å²) in [6, 6.07) is 9.43. The van der Waals surface area contributed by atoms with Gasteiger partial charge in [-0.15, -0.1) is 12.4 Å². The second kappa shape index (κ2) is 6.98. The molecule has 18 heavy (non-hydrogen) atoms. The Hall–Kier alpha value is -0.770. The normalized spacial score (nSPS) is 19.6. The van der Waals surface area contributed by atoms with Crippen LogP contribution in [0.1, 0.15) is 24.4 Å². The van der Waals surface area contributed by atoms with Gasteiger partial charge in [0.25, 0.3) is 0 Å². The zero-order valence-corrected chi connectivity index (χ0v) is 12.1. The molecule has 1 aliphatic heterocycles. The van der Waals surface area contributed by atoms with E-state index in [-0.39, 0.29) is 12.4 Å². The first kappa shape index (κ1) is 15.3. The number of rotatable bonds is 4. The lowest BCUT2D eigenvalue weighted by Gasteiger charge is -2.25. The molecule has 0 aliphatic carbocycles. The number of hydrogen-bond acceptors (Lipinski definition) is 3. The maximum atomic E-state index is 5.68. The Kier molecular flexibility index (Phi) is 5.93. The summed E-state index contributed by atoms with van der Waals surface area (Å²) in [6.07, 6.45) is 2.55. The lowest BCUT2D eigenvalue weighted by Crippen LogP contribution is -2.29. The first-order valence-electron chi connectivity index (χ1n) is 6.44. The summed E-state index contributed by atoms with van der Waals surface area (Å²) in [7, 11) is 4.18. The number of hydrogen-bond donors (Lipinski definition) is 1. The van der Waals surface area contributed by atoms with Crippen molar-refractivity contribution in [3.8, 4) is 0 Å². The summed E-state index contributed by atoms with van der Waals surface area (Å²) in [5.41, 5.74) is 8.39. The summed E-state index contributed by atoms with van der Waals surface area (Å²) >= 11 is 0. The maximum absolute atomic E-state index is 5.68. The van der Waals surface area contributed by atoms with Crippen LogP contribution in [0.2, 0.25) is 0 Å². The SMILES string of the molecule is CN(C)c1cccc(C2CCCN2CCN)c1.Cl. The van der Waals surface area contributed by atoms with Gasteiger partial charge in [0.1, 0.15) is 0 Å². The van der Waals surface area contributed by atoms with Crippen molar-refractivity contribution in [1.29, 1.82) is 0 Å². The molecule has 1 fully saturated rings. The minimum atomic E-state index is 0. The molecule has 0 amide bonds. The number of nitrogens with two attached hydrogens (primary N) is 1. The minimum absolute atomic E-state index is 0. The largest absolute Gasteiger partial charge is 0.378 e. The monoisotopic (exact) mass is 269 g/mol. The fraction of sp³-hybridized carbons (Fsp3) is 0.571. The molecule has 2 rings (SSSR count). The lowest BCUT2D eigenvalue weighted by molar-refractivity contribution is 0.265. The molecule has 102 valence electrons. The number of halogens is 1. The molecule has 0 aromatic heterocycles. The number of likely N-dealkylation sites (tertiary alicyclic amines) is 1. The van der Waals surface area contributed by atoms with Crippen molar-refractivity contribution in [3.05, 3.63) is 29.8 Å². The van der Waals surface area contributed by atoms with E-state index >= 15 is 0 Å². The highest BCUT2D eigenvalue weighted by molar-refractivity contribution is 5.85. The highest BCUT2D eigenvalue weighted by Crippen LogP contribution is 2.32. The molecule has 0 radical (unpaired) electrons. The van der Waals surface area contributed by atoms with Crippen LogP contribution in [-0.2, 0) is 0 Å². The van der Waals surface area contributed by atoms with Crippen LogP contribution in [0.5, 0.6) is 0 Å². The number of nitrogens with zero attached hydrogens (tertiary/aromatic N) is 2. The zero-order chi connectivity index (χ0) is 12.3. The molecular formula is C14H24ClN3. The fourth-order valence-electron chi connectivity index (χ4n) is 2.65. The summed E-state index contributed by atoms with van der Waals surface area (Å²) in [4.78, 5) is 4.67. The van der Waals surface area contributed by atoms with E-state index in [0.717, 1.165) is 13.1 Å². The van der Waals surface area contributed by atoms with Crippen LogP contribution in [0.3, 0.4) is 0 Å². The quantitative estimate of drug-likeness (QED) is 0.910. The van der Waals surface area contributed by atoms with Crippen LogP contribution in [-0.4, -0.2) is 38.6 Å². The van der Waals surface area contributed by atoms with Gasteiger partial charge in [-0.2, -0.15) is 0 Å². The van der Waals surface area contributed by atoms with E-state index in [1.54, 1.807) is 0 Å². The van der Waals surface area contributed by atoms with Crippen molar-refractivity contribution in [3.63, 3.8) is 0 Å². The molecule has 0 spiro atoms. The number of benzene rings is 1. The molecule has 1 aromatic carbocycles. The van der Waals surface area contributed by atoms with Gasteiger partial charge in [0.05, 0.1) is 0 Å². The van der Waals surface area contributed by atoms with Crippen LogP contribution >= 0.6 is 12.4 Å². The van der Waals surface area contributed by atoms with Crippen LogP contribution in [0.25, 0.3) is 0 Å². The molecule has 1 aromatic rings. The minimum Gasteiger partial charge on any atom is -0.378 e. The standard InChI is InChI=1S/C14H23N3.ClH/c1-16(2)13-6-3-5-12(11-13)14-7-4-9-17(14)10-8-15;/h3,5-6,11,14H,4,7-10,15H2,1-2H3;1H.